The van der Waals surface area contributed by atoms with Crippen molar-refractivity contribution in [2.45, 2.75) is 12.3 Å². The number of rotatable bonds is 5. The third-order valence-electron chi connectivity index (χ3n) is 2.28. The minimum atomic E-state index is -1.25. The van der Waals surface area contributed by atoms with E-state index in [4.69, 9.17) is 14.9 Å². The van der Waals surface area contributed by atoms with Crippen LogP contribution in [0, 0.1) is 0 Å². The van der Waals surface area contributed by atoms with Gasteiger partial charge in [-0.1, -0.05) is 6.07 Å². The van der Waals surface area contributed by atoms with Gasteiger partial charge in [-0.05, 0) is 17.7 Å². The zero-order valence-electron chi connectivity index (χ0n) is 9.08. The van der Waals surface area contributed by atoms with Crippen LogP contribution in [0.4, 0.5) is 0 Å². The molecule has 0 aliphatic heterocycles. The number of aromatic hydroxyl groups is 1. The van der Waals surface area contributed by atoms with Gasteiger partial charge < -0.3 is 20.1 Å². The number of ether oxygens (including phenoxy) is 1. The molecule has 0 aliphatic rings. The van der Waals surface area contributed by atoms with Crippen LogP contribution in [0.5, 0.6) is 11.5 Å². The lowest BCUT2D eigenvalue weighted by atomic mass is 9.95. The highest BCUT2D eigenvalue weighted by Crippen LogP contribution is 2.30. The van der Waals surface area contributed by atoms with Gasteiger partial charge in [0.2, 0.25) is 0 Å². The predicted octanol–water partition coefficient (Wildman–Crippen LogP) is 1.04. The van der Waals surface area contributed by atoms with E-state index in [9.17, 15) is 14.7 Å². The van der Waals surface area contributed by atoms with Crippen LogP contribution in [-0.2, 0) is 9.59 Å². The van der Waals surface area contributed by atoms with E-state index in [1.807, 2.05) is 0 Å². The van der Waals surface area contributed by atoms with Gasteiger partial charge in [0, 0.05) is 0 Å². The molecule has 0 saturated heterocycles. The van der Waals surface area contributed by atoms with Crippen LogP contribution in [0.1, 0.15) is 17.9 Å². The van der Waals surface area contributed by atoms with Crippen LogP contribution in [0.15, 0.2) is 18.2 Å². The zero-order chi connectivity index (χ0) is 13.0. The average Bonchev–Trinajstić information content (AvgIpc) is 2.25. The summed E-state index contributed by atoms with van der Waals surface area (Å²) in [5, 5.41) is 27.0. The molecule has 1 unspecified atom stereocenters. The number of aliphatic carboxylic acids is 2. The maximum absolute atomic E-state index is 10.9. The van der Waals surface area contributed by atoms with E-state index in [2.05, 4.69) is 0 Å². The third kappa shape index (κ3) is 3.10. The summed E-state index contributed by atoms with van der Waals surface area (Å²) in [6.45, 7) is 0. The van der Waals surface area contributed by atoms with Crippen LogP contribution in [0.2, 0.25) is 0 Å². The van der Waals surface area contributed by atoms with Crippen LogP contribution < -0.4 is 4.74 Å². The molecule has 1 rings (SSSR count). The molecule has 6 nitrogen and oxygen atoms in total. The van der Waals surface area contributed by atoms with Crippen LogP contribution in [-0.4, -0.2) is 34.4 Å². The summed E-state index contributed by atoms with van der Waals surface area (Å²) in [6.07, 6.45) is -0.541. The molecule has 0 aromatic heterocycles. The van der Waals surface area contributed by atoms with Gasteiger partial charge in [0.1, 0.15) is 0 Å². The lowest BCUT2D eigenvalue weighted by Crippen LogP contribution is -2.15. The Bertz CT molecular complexity index is 440. The Hall–Kier alpha value is -2.24. The fourth-order valence-corrected chi connectivity index (χ4v) is 1.45. The second-order valence-electron chi connectivity index (χ2n) is 3.42. The number of carbonyl (C=O) groups is 2. The molecule has 1 aromatic rings. The maximum atomic E-state index is 10.9. The van der Waals surface area contributed by atoms with Crippen molar-refractivity contribution in [2.75, 3.05) is 7.11 Å². The van der Waals surface area contributed by atoms with E-state index in [0.717, 1.165) is 0 Å². The predicted molar refractivity (Wildman–Crippen MR) is 57.3 cm³/mol. The van der Waals surface area contributed by atoms with Gasteiger partial charge in [-0.3, -0.25) is 9.59 Å². The minimum absolute atomic E-state index is 0.202. The van der Waals surface area contributed by atoms with Crippen LogP contribution >= 0.6 is 0 Å². The summed E-state index contributed by atoms with van der Waals surface area (Å²) in [7, 11) is 1.36. The van der Waals surface area contributed by atoms with Crippen LogP contribution in [0.3, 0.4) is 0 Å². The Labute approximate surface area is 97.1 Å². The molecule has 17 heavy (non-hydrogen) atoms. The van der Waals surface area contributed by atoms with E-state index < -0.39 is 24.3 Å². The van der Waals surface area contributed by atoms with E-state index in [-0.39, 0.29) is 17.1 Å². The van der Waals surface area contributed by atoms with Crippen molar-refractivity contribution in [3.8, 4) is 11.5 Å². The molecule has 0 amide bonds. The molecule has 92 valence electrons. The van der Waals surface area contributed by atoms with Gasteiger partial charge in [-0.2, -0.15) is 0 Å². The number of phenolic OH excluding ortho intramolecular Hbond substituents is 1. The summed E-state index contributed by atoms with van der Waals surface area (Å²) < 4.78 is 4.81. The van der Waals surface area contributed by atoms with E-state index in [1.165, 1.54) is 25.3 Å². The number of carboxylic acids is 2. The molecule has 0 fully saturated rings. The van der Waals surface area contributed by atoms with Crippen molar-refractivity contribution < 1.29 is 29.6 Å². The second kappa shape index (κ2) is 5.20. The van der Waals surface area contributed by atoms with Gasteiger partial charge in [0.05, 0.1) is 19.4 Å². The topological polar surface area (TPSA) is 104 Å². The van der Waals surface area contributed by atoms with E-state index in [1.54, 1.807) is 0 Å². The minimum Gasteiger partial charge on any atom is -0.504 e. The maximum Gasteiger partial charge on any atom is 0.311 e. The normalized spacial score (nSPS) is 11.8. The molecule has 0 radical (unpaired) electrons. The van der Waals surface area contributed by atoms with Crippen molar-refractivity contribution in [2.24, 2.45) is 0 Å². The Morgan fingerprint density at radius 1 is 1.35 bits per heavy atom. The first kappa shape index (κ1) is 12.8. The van der Waals surface area contributed by atoms with Crippen molar-refractivity contribution >= 4 is 11.9 Å². The molecular formula is C11H12O6. The molecule has 0 aliphatic carbocycles. The number of phenols is 1. The smallest absolute Gasteiger partial charge is 0.311 e. The van der Waals surface area contributed by atoms with Gasteiger partial charge >= 0.3 is 11.9 Å². The van der Waals surface area contributed by atoms with Gasteiger partial charge in [0.25, 0.3) is 0 Å². The van der Waals surface area contributed by atoms with Crippen LogP contribution in [0.25, 0.3) is 0 Å². The molecule has 0 heterocycles. The number of hydrogen-bond donors (Lipinski definition) is 3. The molecule has 6 heteroatoms. The first-order valence-electron chi connectivity index (χ1n) is 4.77. The summed E-state index contributed by atoms with van der Waals surface area (Å²) in [4.78, 5) is 21.5. The highest BCUT2D eigenvalue weighted by atomic mass is 16.5. The molecule has 3 N–H and O–H groups in total. The summed E-state index contributed by atoms with van der Waals surface area (Å²) in [5.41, 5.74) is 0.221. The van der Waals surface area contributed by atoms with Gasteiger partial charge in [-0.15, -0.1) is 0 Å². The summed E-state index contributed by atoms with van der Waals surface area (Å²) in [6, 6.07) is 4.00. The lowest BCUT2D eigenvalue weighted by molar-refractivity contribution is -0.145. The fraction of sp³-hybridized carbons (Fsp3) is 0.273. The molecule has 1 aromatic carbocycles. The first-order chi connectivity index (χ1) is 7.95. The Morgan fingerprint density at radius 2 is 2.00 bits per heavy atom. The average molecular weight is 240 g/mol. The van der Waals surface area contributed by atoms with Crippen molar-refractivity contribution in [1.29, 1.82) is 0 Å². The van der Waals surface area contributed by atoms with E-state index >= 15 is 0 Å². The fourth-order valence-electron chi connectivity index (χ4n) is 1.45. The third-order valence-corrected chi connectivity index (χ3v) is 2.28. The molecule has 1 atom stereocenters. The van der Waals surface area contributed by atoms with Crippen molar-refractivity contribution in [1.82, 2.24) is 0 Å². The largest absolute Gasteiger partial charge is 0.504 e. The zero-order valence-corrected chi connectivity index (χ0v) is 9.08. The Balaban J connectivity index is 3.06. The number of carboxylic acid groups (broad SMARTS) is 2. The molecule has 0 saturated carbocycles. The first-order valence-corrected chi connectivity index (χ1v) is 4.77. The molecular weight excluding hydrogens is 228 g/mol. The Morgan fingerprint density at radius 3 is 2.41 bits per heavy atom. The monoisotopic (exact) mass is 240 g/mol. The number of hydrogen-bond acceptors (Lipinski definition) is 4. The molecule has 0 bridgehead atoms. The standard InChI is InChI=1S/C11H12O6/c1-17-9-3-2-6(4-8(9)12)7(11(15)16)5-10(13)14/h2-4,7,12H,5H2,1H3,(H,13,14)(H,15,16). The highest BCUT2D eigenvalue weighted by molar-refractivity contribution is 5.82. The summed E-state index contributed by atoms with van der Waals surface area (Å²) in [5.74, 6) is -3.68. The van der Waals surface area contributed by atoms with Gasteiger partial charge in [-0.25, -0.2) is 0 Å². The van der Waals surface area contributed by atoms with Crippen molar-refractivity contribution in [3.63, 3.8) is 0 Å². The summed E-state index contributed by atoms with van der Waals surface area (Å²) >= 11 is 0. The Kier molecular flexibility index (Phi) is 3.92. The lowest BCUT2D eigenvalue weighted by Gasteiger charge is -2.12. The van der Waals surface area contributed by atoms with Gasteiger partial charge in [0.15, 0.2) is 11.5 Å². The number of methoxy groups -OCH3 is 1. The van der Waals surface area contributed by atoms with E-state index in [0.29, 0.717) is 0 Å². The molecule has 0 spiro atoms. The SMILES string of the molecule is COc1ccc(C(CC(=O)O)C(=O)O)cc1O. The number of benzene rings is 1. The quantitative estimate of drug-likeness (QED) is 0.710. The second-order valence-corrected chi connectivity index (χ2v) is 3.42. The highest BCUT2D eigenvalue weighted by Gasteiger charge is 2.23. The van der Waals surface area contributed by atoms with Crippen molar-refractivity contribution in [3.05, 3.63) is 23.8 Å².